The van der Waals surface area contributed by atoms with Crippen LogP contribution in [0.2, 0.25) is 0 Å². The number of anilines is 1. The van der Waals surface area contributed by atoms with Gasteiger partial charge in [-0.2, -0.15) is 0 Å². The number of nitrogens with two attached hydrogens (primary N) is 1. The lowest BCUT2D eigenvalue weighted by Crippen LogP contribution is -2.20. The Balaban J connectivity index is 2.78. The number of rotatable bonds is 4. The molecule has 0 saturated carbocycles. The fourth-order valence-electron chi connectivity index (χ4n) is 1.21. The van der Waals surface area contributed by atoms with E-state index in [9.17, 15) is 9.59 Å². The highest BCUT2D eigenvalue weighted by Crippen LogP contribution is 2.03. The summed E-state index contributed by atoms with van der Waals surface area (Å²) in [5.41, 5.74) is 5.79. The third kappa shape index (κ3) is 3.21. The van der Waals surface area contributed by atoms with E-state index >= 15 is 0 Å². The van der Waals surface area contributed by atoms with Gasteiger partial charge in [0.15, 0.2) is 0 Å². The Bertz CT molecular complexity index is 398. The smallest absolute Gasteiger partial charge is 0.250 e. The number of aromatic nitrogens is 1. The van der Waals surface area contributed by atoms with Gasteiger partial charge in [-0.15, -0.1) is 0 Å². The van der Waals surface area contributed by atoms with Crippen molar-refractivity contribution in [1.29, 1.82) is 0 Å². The van der Waals surface area contributed by atoms with Crippen molar-refractivity contribution in [2.45, 2.75) is 19.9 Å². The first kappa shape index (κ1) is 11.5. The molecule has 1 amide bonds. The zero-order chi connectivity index (χ0) is 11.3. The van der Waals surface area contributed by atoms with Crippen molar-refractivity contribution in [3.63, 3.8) is 0 Å². The highest BCUT2D eigenvalue weighted by Gasteiger charge is 2.01. The third-order valence-corrected chi connectivity index (χ3v) is 1.98. The molecule has 82 valence electrons. The Kier molecular flexibility index (Phi) is 4.05. The molecule has 1 heterocycles. The van der Waals surface area contributed by atoms with Crippen LogP contribution in [-0.2, 0) is 11.3 Å². The topological polar surface area (TPSA) is 77.1 Å². The summed E-state index contributed by atoms with van der Waals surface area (Å²) >= 11 is 0. The van der Waals surface area contributed by atoms with Gasteiger partial charge in [0.2, 0.25) is 5.91 Å². The Labute approximate surface area is 87.9 Å². The average molecular weight is 209 g/mol. The first-order chi connectivity index (χ1) is 7.17. The number of aryl methyl sites for hydroxylation is 1. The first-order valence-electron chi connectivity index (χ1n) is 4.87. The van der Waals surface area contributed by atoms with Gasteiger partial charge in [-0.3, -0.25) is 9.59 Å². The molecule has 3 N–H and O–H groups in total. The first-order valence-corrected chi connectivity index (χ1v) is 4.87. The molecule has 1 aromatic rings. The Morgan fingerprint density at radius 2 is 2.27 bits per heavy atom. The van der Waals surface area contributed by atoms with Crippen molar-refractivity contribution in [3.05, 3.63) is 28.7 Å². The van der Waals surface area contributed by atoms with E-state index in [-0.39, 0.29) is 17.9 Å². The number of amides is 1. The molecule has 0 spiro atoms. The summed E-state index contributed by atoms with van der Waals surface area (Å²) in [6.45, 7) is 2.77. The molecule has 15 heavy (non-hydrogen) atoms. The lowest BCUT2D eigenvalue weighted by molar-refractivity contribution is -0.116. The molecule has 0 saturated heterocycles. The van der Waals surface area contributed by atoms with Crippen LogP contribution in [0.1, 0.15) is 13.3 Å². The molecule has 0 aromatic carbocycles. The predicted molar refractivity (Wildman–Crippen MR) is 58.7 cm³/mol. The summed E-state index contributed by atoms with van der Waals surface area (Å²) in [5, 5.41) is 2.67. The van der Waals surface area contributed by atoms with Crippen molar-refractivity contribution in [2.24, 2.45) is 5.73 Å². The number of pyridine rings is 1. The van der Waals surface area contributed by atoms with Crippen molar-refractivity contribution in [2.75, 3.05) is 11.9 Å². The highest BCUT2D eigenvalue weighted by atomic mass is 16.1. The second kappa shape index (κ2) is 5.31. The molecule has 0 aliphatic carbocycles. The van der Waals surface area contributed by atoms with E-state index in [2.05, 4.69) is 5.32 Å². The maximum Gasteiger partial charge on any atom is 0.250 e. The van der Waals surface area contributed by atoms with E-state index in [4.69, 9.17) is 5.73 Å². The molecule has 0 aliphatic heterocycles. The van der Waals surface area contributed by atoms with Crippen molar-refractivity contribution in [3.8, 4) is 0 Å². The maximum absolute atomic E-state index is 11.2. The van der Waals surface area contributed by atoms with E-state index < -0.39 is 0 Å². The van der Waals surface area contributed by atoms with Crippen LogP contribution in [0.25, 0.3) is 0 Å². The van der Waals surface area contributed by atoms with Gasteiger partial charge in [-0.05, 0) is 13.0 Å². The van der Waals surface area contributed by atoms with Crippen molar-refractivity contribution in [1.82, 2.24) is 4.57 Å². The minimum Gasteiger partial charge on any atom is -0.330 e. The monoisotopic (exact) mass is 209 g/mol. The van der Waals surface area contributed by atoms with E-state index in [1.54, 1.807) is 12.3 Å². The number of carbonyl (C=O) groups is 1. The minimum absolute atomic E-state index is 0.0747. The lowest BCUT2D eigenvalue weighted by atomic mass is 10.3. The highest BCUT2D eigenvalue weighted by molar-refractivity contribution is 5.90. The zero-order valence-electron chi connectivity index (χ0n) is 8.69. The lowest BCUT2D eigenvalue weighted by Gasteiger charge is -2.06. The van der Waals surface area contributed by atoms with E-state index in [1.165, 1.54) is 10.6 Å². The zero-order valence-corrected chi connectivity index (χ0v) is 8.69. The molecule has 0 unspecified atom stereocenters. The van der Waals surface area contributed by atoms with Gasteiger partial charge in [-0.25, -0.2) is 0 Å². The largest absolute Gasteiger partial charge is 0.330 e. The summed E-state index contributed by atoms with van der Waals surface area (Å²) in [6.07, 6.45) is 1.90. The Morgan fingerprint density at radius 3 is 2.87 bits per heavy atom. The molecule has 5 nitrogen and oxygen atoms in total. The SMILES string of the molecule is CCn1cc(NC(=O)CCN)ccc1=O. The fraction of sp³-hybridized carbons (Fsp3) is 0.400. The van der Waals surface area contributed by atoms with Gasteiger partial charge in [0.05, 0.1) is 5.69 Å². The van der Waals surface area contributed by atoms with E-state index in [1.807, 2.05) is 6.92 Å². The number of nitrogens with one attached hydrogen (secondary N) is 1. The normalized spacial score (nSPS) is 10.0. The van der Waals surface area contributed by atoms with E-state index in [0.29, 0.717) is 18.8 Å². The molecule has 0 aliphatic rings. The molecular weight excluding hydrogens is 194 g/mol. The van der Waals surface area contributed by atoms with Crippen LogP contribution in [0.5, 0.6) is 0 Å². The predicted octanol–water partition coefficient (Wildman–Crippen LogP) is 0.155. The van der Waals surface area contributed by atoms with Gasteiger partial charge in [0, 0.05) is 31.8 Å². The van der Waals surface area contributed by atoms with Gasteiger partial charge in [0.25, 0.3) is 5.56 Å². The van der Waals surface area contributed by atoms with Crippen LogP contribution in [0, 0.1) is 0 Å². The summed E-state index contributed by atoms with van der Waals surface area (Å²) in [7, 11) is 0. The quantitative estimate of drug-likeness (QED) is 0.741. The second-order valence-electron chi connectivity index (χ2n) is 3.13. The molecule has 0 radical (unpaired) electrons. The number of hydrogen-bond donors (Lipinski definition) is 2. The molecule has 5 heteroatoms. The van der Waals surface area contributed by atoms with Gasteiger partial charge in [0.1, 0.15) is 0 Å². The Hall–Kier alpha value is -1.62. The van der Waals surface area contributed by atoms with Crippen LogP contribution >= 0.6 is 0 Å². The van der Waals surface area contributed by atoms with Crippen LogP contribution in [-0.4, -0.2) is 17.0 Å². The summed E-state index contributed by atoms with van der Waals surface area (Å²) < 4.78 is 1.53. The maximum atomic E-state index is 11.2. The van der Waals surface area contributed by atoms with Crippen molar-refractivity contribution < 1.29 is 4.79 Å². The Morgan fingerprint density at radius 1 is 1.53 bits per heavy atom. The van der Waals surface area contributed by atoms with Gasteiger partial charge in [-0.1, -0.05) is 0 Å². The minimum atomic E-state index is -0.140. The third-order valence-electron chi connectivity index (χ3n) is 1.98. The second-order valence-corrected chi connectivity index (χ2v) is 3.13. The van der Waals surface area contributed by atoms with Crippen LogP contribution < -0.4 is 16.6 Å². The van der Waals surface area contributed by atoms with Crippen LogP contribution in [0.15, 0.2) is 23.1 Å². The molecule has 1 aromatic heterocycles. The summed E-state index contributed by atoms with van der Waals surface area (Å²) in [6, 6.07) is 3.02. The van der Waals surface area contributed by atoms with Crippen LogP contribution in [0.3, 0.4) is 0 Å². The molecular formula is C10H15N3O2. The van der Waals surface area contributed by atoms with Crippen molar-refractivity contribution >= 4 is 11.6 Å². The molecule has 0 atom stereocenters. The standard InChI is InChI=1S/C10H15N3O2/c1-2-13-7-8(3-4-10(13)15)12-9(14)5-6-11/h3-4,7H,2,5-6,11H2,1H3,(H,12,14). The number of hydrogen-bond acceptors (Lipinski definition) is 3. The summed E-state index contributed by atoms with van der Waals surface area (Å²) in [4.78, 5) is 22.5. The molecule has 1 rings (SSSR count). The fourth-order valence-corrected chi connectivity index (χ4v) is 1.21. The molecule has 0 bridgehead atoms. The van der Waals surface area contributed by atoms with Crippen LogP contribution in [0.4, 0.5) is 5.69 Å². The number of carbonyl (C=O) groups excluding carboxylic acids is 1. The van der Waals surface area contributed by atoms with Gasteiger partial charge < -0.3 is 15.6 Å². The van der Waals surface area contributed by atoms with E-state index in [0.717, 1.165) is 0 Å². The average Bonchev–Trinajstić information content (AvgIpc) is 2.21. The summed E-state index contributed by atoms with van der Waals surface area (Å²) in [5.74, 6) is -0.140. The number of nitrogens with zero attached hydrogens (tertiary/aromatic N) is 1. The molecule has 0 fully saturated rings. The van der Waals surface area contributed by atoms with Gasteiger partial charge >= 0.3 is 0 Å².